The van der Waals surface area contributed by atoms with E-state index in [1.54, 1.807) is 0 Å². The van der Waals surface area contributed by atoms with Gasteiger partial charge in [0, 0.05) is 29.8 Å². The molecule has 16 heavy (non-hydrogen) atoms. The molecule has 0 saturated carbocycles. The van der Waals surface area contributed by atoms with Gasteiger partial charge in [0.25, 0.3) is 0 Å². The summed E-state index contributed by atoms with van der Waals surface area (Å²) in [6.45, 7) is 5.54. The average molecular weight is 284 g/mol. The zero-order valence-corrected chi connectivity index (χ0v) is 11.4. The molecule has 3 nitrogen and oxygen atoms in total. The van der Waals surface area contributed by atoms with Gasteiger partial charge < -0.3 is 9.80 Å². The van der Waals surface area contributed by atoms with Gasteiger partial charge in [0.15, 0.2) is 0 Å². The molecule has 0 N–H and O–H groups in total. The van der Waals surface area contributed by atoms with Gasteiger partial charge in [-0.2, -0.15) is 0 Å². The molecule has 1 saturated heterocycles. The normalized spacial score (nSPS) is 20.8. The Bertz CT molecular complexity index is 339. The summed E-state index contributed by atoms with van der Waals surface area (Å²) in [6, 6.07) is 4.81. The van der Waals surface area contributed by atoms with Crippen molar-refractivity contribution in [3.63, 3.8) is 0 Å². The average Bonchev–Trinajstić information content (AvgIpc) is 2.78. The lowest BCUT2D eigenvalue weighted by Gasteiger charge is -2.23. The van der Waals surface area contributed by atoms with Gasteiger partial charge >= 0.3 is 0 Å². The molecule has 1 fully saturated rings. The molecule has 0 spiro atoms. The van der Waals surface area contributed by atoms with E-state index in [1.807, 2.05) is 6.20 Å². The first kappa shape index (κ1) is 11.9. The van der Waals surface area contributed by atoms with Gasteiger partial charge in [-0.3, -0.25) is 0 Å². The lowest BCUT2D eigenvalue weighted by atomic mass is 10.2. The van der Waals surface area contributed by atoms with Gasteiger partial charge in [-0.05, 0) is 48.1 Å². The van der Waals surface area contributed by atoms with Gasteiger partial charge in [0.1, 0.15) is 5.82 Å². The van der Waals surface area contributed by atoms with E-state index in [2.05, 4.69) is 56.8 Å². The minimum Gasteiger partial charge on any atom is -0.355 e. The third-order valence-corrected chi connectivity index (χ3v) is 3.79. The number of hydrogen-bond acceptors (Lipinski definition) is 3. The minimum absolute atomic E-state index is 0.676. The van der Waals surface area contributed by atoms with Gasteiger partial charge in [-0.25, -0.2) is 4.98 Å². The summed E-state index contributed by atoms with van der Waals surface area (Å²) in [5.41, 5.74) is 0. The lowest BCUT2D eigenvalue weighted by Crippen LogP contribution is -2.34. The van der Waals surface area contributed by atoms with Crippen molar-refractivity contribution in [2.45, 2.75) is 19.4 Å². The van der Waals surface area contributed by atoms with E-state index in [-0.39, 0.29) is 0 Å². The standard InChI is InChI=1S/C12H18BrN3/c1-3-15(2)11-6-7-16(9-11)12-5-4-10(13)8-14-12/h4-5,8,11H,3,6-7,9H2,1-2H3/t11-/m1/s1. The fourth-order valence-corrected chi connectivity index (χ4v) is 2.36. The molecule has 1 atom stereocenters. The number of rotatable bonds is 3. The maximum atomic E-state index is 4.44. The summed E-state index contributed by atoms with van der Waals surface area (Å²) in [5, 5.41) is 0. The molecule has 0 amide bonds. The summed E-state index contributed by atoms with van der Waals surface area (Å²) in [4.78, 5) is 9.22. The molecule has 88 valence electrons. The molecule has 1 aliphatic rings. The van der Waals surface area contributed by atoms with Crippen molar-refractivity contribution >= 4 is 21.7 Å². The number of nitrogens with zero attached hydrogens (tertiary/aromatic N) is 3. The Hall–Kier alpha value is -0.610. The number of pyridine rings is 1. The highest BCUT2D eigenvalue weighted by Gasteiger charge is 2.25. The molecular weight excluding hydrogens is 266 g/mol. The van der Waals surface area contributed by atoms with Crippen molar-refractivity contribution in [3.8, 4) is 0 Å². The van der Waals surface area contributed by atoms with Gasteiger partial charge in [-0.15, -0.1) is 0 Å². The fraction of sp³-hybridized carbons (Fsp3) is 0.583. The molecule has 0 bridgehead atoms. The molecule has 1 aromatic rings. The van der Waals surface area contributed by atoms with E-state index >= 15 is 0 Å². The molecule has 0 radical (unpaired) electrons. The smallest absolute Gasteiger partial charge is 0.128 e. The van der Waals surface area contributed by atoms with Gasteiger partial charge in [-0.1, -0.05) is 6.92 Å². The number of halogens is 1. The first-order valence-electron chi connectivity index (χ1n) is 5.77. The van der Waals surface area contributed by atoms with Crippen molar-refractivity contribution < 1.29 is 0 Å². The van der Waals surface area contributed by atoms with Gasteiger partial charge in [0.2, 0.25) is 0 Å². The second kappa shape index (κ2) is 5.15. The quantitative estimate of drug-likeness (QED) is 0.849. The molecule has 4 heteroatoms. The van der Waals surface area contributed by atoms with Crippen LogP contribution in [-0.4, -0.2) is 42.6 Å². The SMILES string of the molecule is CCN(C)[C@@H]1CCN(c2ccc(Br)cn2)C1. The highest BCUT2D eigenvalue weighted by atomic mass is 79.9. The highest BCUT2D eigenvalue weighted by molar-refractivity contribution is 9.10. The number of aromatic nitrogens is 1. The molecule has 0 unspecified atom stereocenters. The highest BCUT2D eigenvalue weighted by Crippen LogP contribution is 2.21. The summed E-state index contributed by atoms with van der Waals surface area (Å²) in [6.07, 6.45) is 3.11. The second-order valence-electron chi connectivity index (χ2n) is 4.30. The Balaban J connectivity index is 2.00. The predicted molar refractivity (Wildman–Crippen MR) is 70.9 cm³/mol. The van der Waals surface area contributed by atoms with Crippen LogP contribution in [-0.2, 0) is 0 Å². The Morgan fingerprint density at radius 2 is 2.38 bits per heavy atom. The summed E-state index contributed by atoms with van der Waals surface area (Å²) < 4.78 is 1.04. The number of anilines is 1. The zero-order valence-electron chi connectivity index (χ0n) is 9.86. The van der Waals surface area contributed by atoms with E-state index in [1.165, 1.54) is 6.42 Å². The summed E-state index contributed by atoms with van der Waals surface area (Å²) in [5.74, 6) is 1.09. The van der Waals surface area contributed by atoms with E-state index in [0.29, 0.717) is 6.04 Å². The Morgan fingerprint density at radius 3 is 3.00 bits per heavy atom. The number of hydrogen-bond donors (Lipinski definition) is 0. The first-order valence-corrected chi connectivity index (χ1v) is 6.56. The third-order valence-electron chi connectivity index (χ3n) is 3.32. The first-order chi connectivity index (χ1) is 7.70. The van der Waals surface area contributed by atoms with Crippen LogP contribution in [0.25, 0.3) is 0 Å². The molecule has 1 aliphatic heterocycles. The molecule has 1 aromatic heterocycles. The van der Waals surface area contributed by atoms with Crippen LogP contribution in [0.5, 0.6) is 0 Å². The van der Waals surface area contributed by atoms with Crippen molar-refractivity contribution in [1.82, 2.24) is 9.88 Å². The molecule has 2 rings (SSSR count). The van der Waals surface area contributed by atoms with Crippen LogP contribution in [0, 0.1) is 0 Å². The predicted octanol–water partition coefficient (Wildman–Crippen LogP) is 2.37. The molecule has 0 aromatic carbocycles. The minimum atomic E-state index is 0.676. The Labute approximate surface area is 106 Å². The topological polar surface area (TPSA) is 19.4 Å². The maximum absolute atomic E-state index is 4.44. The van der Waals surface area contributed by atoms with Crippen molar-refractivity contribution in [1.29, 1.82) is 0 Å². The third kappa shape index (κ3) is 2.55. The van der Waals surface area contributed by atoms with Crippen LogP contribution in [0.3, 0.4) is 0 Å². The Morgan fingerprint density at radius 1 is 1.56 bits per heavy atom. The molecular formula is C12H18BrN3. The molecule has 2 heterocycles. The van der Waals surface area contributed by atoms with Crippen LogP contribution in [0.1, 0.15) is 13.3 Å². The van der Waals surface area contributed by atoms with E-state index < -0.39 is 0 Å². The van der Waals surface area contributed by atoms with Crippen molar-refractivity contribution in [2.75, 3.05) is 31.6 Å². The van der Waals surface area contributed by atoms with Crippen molar-refractivity contribution in [2.24, 2.45) is 0 Å². The largest absolute Gasteiger partial charge is 0.355 e. The van der Waals surface area contributed by atoms with Crippen LogP contribution in [0.15, 0.2) is 22.8 Å². The van der Waals surface area contributed by atoms with Crippen LogP contribution >= 0.6 is 15.9 Å². The van der Waals surface area contributed by atoms with Crippen LogP contribution in [0.4, 0.5) is 5.82 Å². The fourth-order valence-electron chi connectivity index (χ4n) is 2.12. The van der Waals surface area contributed by atoms with E-state index in [4.69, 9.17) is 0 Å². The van der Waals surface area contributed by atoms with Gasteiger partial charge in [0.05, 0.1) is 0 Å². The summed E-state index contributed by atoms with van der Waals surface area (Å²) >= 11 is 3.41. The van der Waals surface area contributed by atoms with Crippen molar-refractivity contribution in [3.05, 3.63) is 22.8 Å². The lowest BCUT2D eigenvalue weighted by molar-refractivity contribution is 0.272. The Kier molecular flexibility index (Phi) is 3.82. The monoisotopic (exact) mass is 283 g/mol. The van der Waals surface area contributed by atoms with E-state index in [9.17, 15) is 0 Å². The van der Waals surface area contributed by atoms with Crippen LogP contribution < -0.4 is 4.90 Å². The molecule has 0 aliphatic carbocycles. The second-order valence-corrected chi connectivity index (χ2v) is 5.21. The van der Waals surface area contributed by atoms with E-state index in [0.717, 1.165) is 29.9 Å². The number of likely N-dealkylation sites (N-methyl/N-ethyl adjacent to an activating group) is 1. The maximum Gasteiger partial charge on any atom is 0.128 e. The zero-order chi connectivity index (χ0) is 11.5. The summed E-state index contributed by atoms with van der Waals surface area (Å²) in [7, 11) is 2.20. The van der Waals surface area contributed by atoms with Crippen LogP contribution in [0.2, 0.25) is 0 Å².